The Bertz CT molecular complexity index is 1280. The van der Waals surface area contributed by atoms with Crippen LogP contribution in [-0.2, 0) is 16.6 Å². The molecule has 2 atom stereocenters. The van der Waals surface area contributed by atoms with Crippen molar-refractivity contribution in [3.8, 4) is 17.0 Å². The van der Waals surface area contributed by atoms with Gasteiger partial charge < -0.3 is 23.9 Å². The van der Waals surface area contributed by atoms with Gasteiger partial charge in [0.05, 0.1) is 24.4 Å². The lowest BCUT2D eigenvalue weighted by Gasteiger charge is -2.38. The van der Waals surface area contributed by atoms with Gasteiger partial charge in [0.15, 0.2) is 16.8 Å². The molecule has 5 rings (SSSR count). The van der Waals surface area contributed by atoms with Crippen LogP contribution in [0.3, 0.4) is 0 Å². The van der Waals surface area contributed by atoms with Crippen molar-refractivity contribution in [1.29, 1.82) is 0 Å². The third-order valence-corrected chi connectivity index (χ3v) is 6.21. The number of hydrogen-bond donors (Lipinski definition) is 1. The minimum Gasteiger partial charge on any atom is -0.465 e. The van der Waals surface area contributed by atoms with E-state index >= 15 is 0 Å². The van der Waals surface area contributed by atoms with Crippen molar-refractivity contribution in [2.45, 2.75) is 38.0 Å². The van der Waals surface area contributed by atoms with Crippen LogP contribution in [0.4, 0.5) is 19.6 Å². The van der Waals surface area contributed by atoms with E-state index in [1.54, 1.807) is 28.9 Å². The number of hydrogen-bond acceptors (Lipinski definition) is 8. The first kappa shape index (κ1) is 22.9. The average molecular weight is 491 g/mol. The van der Waals surface area contributed by atoms with Gasteiger partial charge in [0.25, 0.3) is 6.01 Å². The quantitative estimate of drug-likeness (QED) is 0.518. The molecular weight excluding hydrogens is 468 g/mol. The fourth-order valence-corrected chi connectivity index (χ4v) is 4.72. The molecule has 35 heavy (non-hydrogen) atoms. The standard InChI is InChI=1S/C22H23F2N5O6/c1-3-33-19(30)22(23,24)35-16-7-6-14(15-8-9-27(2)26-15)18-17(16)25-20(34-18)28-10-12-4-5-13(11-28)29(12)21(31)32/h6-9,12-13H,3-5,10-11H2,1-2H3,(H,31,32). The number of ether oxygens (including phenoxy) is 2. The molecule has 1 N–H and O–H groups in total. The van der Waals surface area contributed by atoms with Crippen LogP contribution in [0.15, 0.2) is 28.8 Å². The van der Waals surface area contributed by atoms with E-state index in [0.717, 1.165) is 0 Å². The molecule has 2 saturated heterocycles. The second kappa shape index (κ2) is 8.40. The predicted molar refractivity (Wildman–Crippen MR) is 117 cm³/mol. The Hall–Kier alpha value is -3.90. The van der Waals surface area contributed by atoms with E-state index in [-0.39, 0.29) is 41.6 Å². The summed E-state index contributed by atoms with van der Waals surface area (Å²) in [5.74, 6) is -2.17. The maximum Gasteiger partial charge on any atom is 0.502 e. The summed E-state index contributed by atoms with van der Waals surface area (Å²) in [5.41, 5.74) is 1.17. The molecule has 13 heteroatoms. The monoisotopic (exact) mass is 491 g/mol. The number of aryl methyl sites for hydroxylation is 1. The summed E-state index contributed by atoms with van der Waals surface area (Å²) >= 11 is 0. The molecule has 2 aromatic heterocycles. The first-order valence-corrected chi connectivity index (χ1v) is 11.1. The number of rotatable bonds is 6. The largest absolute Gasteiger partial charge is 0.502 e. The number of carbonyl (C=O) groups excluding carboxylic acids is 1. The number of esters is 1. The molecule has 0 aliphatic carbocycles. The minimum atomic E-state index is -4.24. The number of amides is 1. The van der Waals surface area contributed by atoms with Crippen molar-refractivity contribution >= 4 is 29.2 Å². The molecule has 2 aliphatic rings. The van der Waals surface area contributed by atoms with Crippen molar-refractivity contribution in [3.05, 3.63) is 24.4 Å². The zero-order valence-corrected chi connectivity index (χ0v) is 19.0. The minimum absolute atomic E-state index is 0.0138. The molecule has 2 aliphatic heterocycles. The zero-order valence-electron chi connectivity index (χ0n) is 19.0. The summed E-state index contributed by atoms with van der Waals surface area (Å²) < 4.78 is 45.6. The van der Waals surface area contributed by atoms with Gasteiger partial charge >= 0.3 is 18.2 Å². The summed E-state index contributed by atoms with van der Waals surface area (Å²) in [4.78, 5) is 31.0. The lowest BCUT2D eigenvalue weighted by atomic mass is 10.1. The highest BCUT2D eigenvalue weighted by Crippen LogP contribution is 2.40. The number of alkyl halides is 2. The van der Waals surface area contributed by atoms with Crippen molar-refractivity contribution in [3.63, 3.8) is 0 Å². The van der Waals surface area contributed by atoms with Crippen LogP contribution in [0, 0.1) is 0 Å². The molecule has 1 aromatic carbocycles. The Labute approximate surface area is 197 Å². The number of benzene rings is 1. The highest BCUT2D eigenvalue weighted by molar-refractivity contribution is 5.94. The number of piperazine rings is 1. The van der Waals surface area contributed by atoms with E-state index in [1.165, 1.54) is 24.0 Å². The van der Waals surface area contributed by atoms with Crippen molar-refractivity contribution in [1.82, 2.24) is 19.7 Å². The molecule has 1 amide bonds. The van der Waals surface area contributed by atoms with Gasteiger partial charge in [-0.25, -0.2) is 9.59 Å². The lowest BCUT2D eigenvalue weighted by Crippen LogP contribution is -2.55. The Morgan fingerprint density at radius 2 is 1.94 bits per heavy atom. The Balaban J connectivity index is 1.55. The first-order valence-electron chi connectivity index (χ1n) is 11.1. The van der Waals surface area contributed by atoms with Crippen molar-refractivity contribution in [2.24, 2.45) is 7.05 Å². The maximum atomic E-state index is 14.4. The Morgan fingerprint density at radius 1 is 1.23 bits per heavy atom. The molecule has 11 nitrogen and oxygen atoms in total. The lowest BCUT2D eigenvalue weighted by molar-refractivity contribution is -0.216. The predicted octanol–water partition coefficient (Wildman–Crippen LogP) is 3.09. The number of carboxylic acid groups (broad SMARTS) is 1. The molecule has 186 valence electrons. The average Bonchev–Trinajstić information content (AvgIpc) is 3.50. The summed E-state index contributed by atoms with van der Waals surface area (Å²) in [6.07, 6.45) is -2.05. The topological polar surface area (TPSA) is 123 Å². The molecule has 3 aromatic rings. The van der Waals surface area contributed by atoms with Crippen LogP contribution in [0.1, 0.15) is 19.8 Å². The molecule has 2 unspecified atom stereocenters. The normalized spacial score (nSPS) is 19.9. The van der Waals surface area contributed by atoms with Gasteiger partial charge in [0.1, 0.15) is 0 Å². The molecular formula is C22H23F2N5O6. The highest BCUT2D eigenvalue weighted by Gasteiger charge is 2.46. The molecule has 0 radical (unpaired) electrons. The maximum absolute atomic E-state index is 14.4. The number of halogens is 2. The van der Waals surface area contributed by atoms with E-state index < -0.39 is 18.2 Å². The van der Waals surface area contributed by atoms with Gasteiger partial charge in [-0.1, -0.05) is 0 Å². The van der Waals surface area contributed by atoms with Gasteiger partial charge in [-0.3, -0.25) is 9.58 Å². The summed E-state index contributed by atoms with van der Waals surface area (Å²) in [7, 11) is 1.74. The van der Waals surface area contributed by atoms with E-state index in [4.69, 9.17) is 9.15 Å². The highest BCUT2D eigenvalue weighted by atomic mass is 19.3. The molecule has 2 fully saturated rings. The number of oxazole rings is 1. The van der Waals surface area contributed by atoms with Gasteiger partial charge in [-0.05, 0) is 38.0 Å². The third kappa shape index (κ3) is 4.00. The van der Waals surface area contributed by atoms with Gasteiger partial charge in [-0.15, -0.1) is 0 Å². The molecule has 0 saturated carbocycles. The van der Waals surface area contributed by atoms with E-state index in [9.17, 15) is 23.5 Å². The van der Waals surface area contributed by atoms with Crippen molar-refractivity contribution in [2.75, 3.05) is 24.6 Å². The fraction of sp³-hybridized carbons (Fsp3) is 0.455. The number of aromatic nitrogens is 3. The summed E-state index contributed by atoms with van der Waals surface area (Å²) in [6, 6.07) is 4.21. The number of nitrogens with zero attached hydrogens (tertiary/aromatic N) is 5. The first-order chi connectivity index (χ1) is 16.7. The van der Waals surface area contributed by atoms with E-state index in [1.807, 2.05) is 0 Å². The van der Waals surface area contributed by atoms with Crippen molar-refractivity contribution < 1.29 is 37.4 Å². The van der Waals surface area contributed by atoms with Crippen LogP contribution in [-0.4, -0.2) is 74.7 Å². The van der Waals surface area contributed by atoms with Crippen LogP contribution >= 0.6 is 0 Å². The van der Waals surface area contributed by atoms with Gasteiger partial charge in [0, 0.05) is 31.9 Å². The smallest absolute Gasteiger partial charge is 0.465 e. The van der Waals surface area contributed by atoms with Gasteiger partial charge in [0.2, 0.25) is 0 Å². The number of fused-ring (bicyclic) bond motifs is 3. The fourth-order valence-electron chi connectivity index (χ4n) is 4.72. The second-order valence-electron chi connectivity index (χ2n) is 8.48. The zero-order chi connectivity index (χ0) is 24.9. The molecule has 2 bridgehead atoms. The van der Waals surface area contributed by atoms with E-state index in [2.05, 4.69) is 14.8 Å². The molecule has 4 heterocycles. The molecule has 0 spiro atoms. The Morgan fingerprint density at radius 3 is 2.54 bits per heavy atom. The summed E-state index contributed by atoms with van der Waals surface area (Å²) in [5, 5.41) is 13.9. The van der Waals surface area contributed by atoms with Crippen LogP contribution in [0.25, 0.3) is 22.4 Å². The van der Waals surface area contributed by atoms with Gasteiger partial charge in [-0.2, -0.15) is 18.9 Å². The number of carbonyl (C=O) groups is 2. The SMILES string of the molecule is CCOC(=O)C(F)(F)Oc1ccc(-c2ccn(C)n2)c2oc(N3CC4CCC(C3)N4C(=O)O)nc12. The van der Waals surface area contributed by atoms with Crippen LogP contribution in [0.2, 0.25) is 0 Å². The third-order valence-electron chi connectivity index (χ3n) is 6.21. The second-order valence-corrected chi connectivity index (χ2v) is 8.48. The van der Waals surface area contributed by atoms with Crippen LogP contribution in [0.5, 0.6) is 5.75 Å². The van der Waals surface area contributed by atoms with Crippen LogP contribution < -0.4 is 9.64 Å². The summed E-state index contributed by atoms with van der Waals surface area (Å²) in [6.45, 7) is 1.88. The number of anilines is 1. The van der Waals surface area contributed by atoms with E-state index in [0.29, 0.717) is 37.2 Å². The Kier molecular flexibility index (Phi) is 5.49.